The third-order valence-corrected chi connectivity index (χ3v) is 6.54. The average Bonchev–Trinajstić information content (AvgIpc) is 3.07. The number of likely N-dealkylation sites (tertiary alicyclic amines) is 1. The smallest absolute Gasteiger partial charge is 0.335 e. The van der Waals surface area contributed by atoms with Crippen molar-refractivity contribution in [2.45, 2.75) is 45.2 Å². The van der Waals surface area contributed by atoms with Gasteiger partial charge in [-0.2, -0.15) is 8.78 Å². The number of hydrogen-bond acceptors (Lipinski definition) is 4. The molecule has 0 aliphatic carbocycles. The topological polar surface area (TPSA) is 61.8 Å². The Labute approximate surface area is 181 Å². The van der Waals surface area contributed by atoms with Gasteiger partial charge in [-0.25, -0.2) is 4.79 Å². The van der Waals surface area contributed by atoms with Gasteiger partial charge in [-0.1, -0.05) is 19.1 Å². The number of piperidine rings is 1. The van der Waals surface area contributed by atoms with E-state index in [1.165, 1.54) is 7.11 Å². The maximum Gasteiger partial charge on any atom is 0.335 e. The number of carbonyl (C=O) groups is 1. The van der Waals surface area contributed by atoms with E-state index < -0.39 is 18.4 Å². The summed E-state index contributed by atoms with van der Waals surface area (Å²) >= 11 is 0. The number of anilines is 1. The zero-order chi connectivity index (χ0) is 22.3. The van der Waals surface area contributed by atoms with Gasteiger partial charge in [-0.05, 0) is 61.6 Å². The van der Waals surface area contributed by atoms with Crippen molar-refractivity contribution in [2.75, 3.05) is 25.5 Å². The number of hydrogen-bond donors (Lipinski definition) is 2. The number of methoxy groups -OCH3 is 1. The highest BCUT2D eigenvalue weighted by Gasteiger charge is 2.44. The number of nitrogens with zero attached hydrogens (tertiary/aromatic N) is 1. The van der Waals surface area contributed by atoms with Crippen molar-refractivity contribution in [3.8, 4) is 5.75 Å². The minimum Gasteiger partial charge on any atom is -0.496 e. The molecule has 0 spiro atoms. The van der Waals surface area contributed by atoms with Crippen LogP contribution in [0.25, 0.3) is 0 Å². The zero-order valence-corrected chi connectivity index (χ0v) is 18.0. The molecule has 7 heteroatoms. The molecule has 0 bridgehead atoms. The number of aromatic carboxylic acids is 1. The number of carboxylic acids is 1. The van der Waals surface area contributed by atoms with E-state index in [-0.39, 0.29) is 17.2 Å². The zero-order valence-electron chi connectivity index (χ0n) is 18.0. The monoisotopic (exact) mass is 430 g/mol. The molecule has 2 atom stereocenters. The third kappa shape index (κ3) is 3.99. The lowest BCUT2D eigenvalue weighted by atomic mass is 9.87. The number of fused-ring (bicyclic) bond motifs is 1. The number of nitrogens with one attached hydrogen (secondary N) is 1. The van der Waals surface area contributed by atoms with Crippen molar-refractivity contribution >= 4 is 11.7 Å². The molecule has 2 heterocycles. The molecule has 0 saturated carbocycles. The predicted octanol–water partition coefficient (Wildman–Crippen LogP) is 5.19. The van der Waals surface area contributed by atoms with E-state index in [2.05, 4.69) is 17.1 Å². The molecule has 2 aromatic carbocycles. The number of halogens is 2. The first-order valence-corrected chi connectivity index (χ1v) is 10.6. The van der Waals surface area contributed by atoms with Crippen LogP contribution in [0.2, 0.25) is 0 Å². The molecule has 31 heavy (non-hydrogen) atoms. The minimum absolute atomic E-state index is 0.0243. The van der Waals surface area contributed by atoms with Crippen molar-refractivity contribution in [2.24, 2.45) is 5.92 Å². The standard InChI is InChI=1S/C24H28F2N2O3/c1-14-8-9-28(19(10-14)16-4-6-17(7-5-16)23(29)30)12-18-20(31-3)11-15(2)22-21(18)24(25,26)13-27-22/h4-7,11,14,19,27H,8-10,12-13H2,1-3H3,(H,29,30)/t14?,19-/m0/s1. The third-order valence-electron chi connectivity index (χ3n) is 6.54. The Kier molecular flexibility index (Phi) is 5.64. The summed E-state index contributed by atoms with van der Waals surface area (Å²) < 4.78 is 35.3. The second kappa shape index (κ2) is 8.11. The fraction of sp³-hybridized carbons (Fsp3) is 0.458. The molecule has 4 rings (SSSR count). The molecular formula is C24H28F2N2O3. The molecular weight excluding hydrogens is 402 g/mol. The Morgan fingerprint density at radius 2 is 2.03 bits per heavy atom. The lowest BCUT2D eigenvalue weighted by Crippen LogP contribution is -2.36. The van der Waals surface area contributed by atoms with Crippen LogP contribution in [0.3, 0.4) is 0 Å². The van der Waals surface area contributed by atoms with Crippen LogP contribution in [-0.2, 0) is 12.5 Å². The van der Waals surface area contributed by atoms with Gasteiger partial charge in [0, 0.05) is 23.8 Å². The molecule has 1 unspecified atom stereocenters. The molecule has 2 aromatic rings. The molecule has 0 aromatic heterocycles. The van der Waals surface area contributed by atoms with Crippen LogP contribution in [0.5, 0.6) is 5.75 Å². The number of aryl methyl sites for hydroxylation is 1. The highest BCUT2D eigenvalue weighted by atomic mass is 19.3. The predicted molar refractivity (Wildman–Crippen MR) is 115 cm³/mol. The fourth-order valence-electron chi connectivity index (χ4n) is 4.86. The number of ether oxygens (including phenoxy) is 1. The molecule has 2 aliphatic heterocycles. The fourth-order valence-corrected chi connectivity index (χ4v) is 4.86. The summed E-state index contributed by atoms with van der Waals surface area (Å²) in [5.74, 6) is -2.94. The Morgan fingerprint density at radius 3 is 2.68 bits per heavy atom. The van der Waals surface area contributed by atoms with Gasteiger partial charge in [0.05, 0.1) is 24.8 Å². The van der Waals surface area contributed by atoms with E-state index in [1.54, 1.807) is 12.1 Å². The van der Waals surface area contributed by atoms with Crippen LogP contribution < -0.4 is 10.1 Å². The Balaban J connectivity index is 1.72. The van der Waals surface area contributed by atoms with Gasteiger partial charge in [0.25, 0.3) is 5.92 Å². The first-order valence-electron chi connectivity index (χ1n) is 10.6. The van der Waals surface area contributed by atoms with E-state index in [1.807, 2.05) is 25.1 Å². The maximum atomic E-state index is 14.9. The summed E-state index contributed by atoms with van der Waals surface area (Å²) in [5.41, 5.74) is 3.07. The van der Waals surface area contributed by atoms with E-state index in [0.717, 1.165) is 30.5 Å². The van der Waals surface area contributed by atoms with E-state index in [0.29, 0.717) is 29.5 Å². The van der Waals surface area contributed by atoms with Crippen molar-refractivity contribution < 1.29 is 23.4 Å². The van der Waals surface area contributed by atoms with Crippen LogP contribution >= 0.6 is 0 Å². The maximum absolute atomic E-state index is 14.9. The van der Waals surface area contributed by atoms with Crippen LogP contribution in [0, 0.1) is 12.8 Å². The summed E-state index contributed by atoms with van der Waals surface area (Å²) in [6.45, 7) is 4.73. The molecule has 2 N–H and O–H groups in total. The van der Waals surface area contributed by atoms with Crippen molar-refractivity contribution in [1.82, 2.24) is 4.90 Å². The number of benzene rings is 2. The Hall–Kier alpha value is -2.67. The molecule has 0 amide bonds. The largest absolute Gasteiger partial charge is 0.496 e. The van der Waals surface area contributed by atoms with Crippen molar-refractivity contribution in [3.63, 3.8) is 0 Å². The van der Waals surface area contributed by atoms with Gasteiger partial charge in [-0.3, -0.25) is 4.90 Å². The van der Waals surface area contributed by atoms with Gasteiger partial charge >= 0.3 is 5.97 Å². The number of carboxylic acid groups (broad SMARTS) is 1. The van der Waals surface area contributed by atoms with Gasteiger partial charge in [0.2, 0.25) is 0 Å². The average molecular weight is 430 g/mol. The molecule has 5 nitrogen and oxygen atoms in total. The van der Waals surface area contributed by atoms with Gasteiger partial charge in [-0.15, -0.1) is 0 Å². The normalized spacial score (nSPS) is 22.6. The summed E-state index contributed by atoms with van der Waals surface area (Å²) in [6.07, 6.45) is 1.87. The molecule has 0 radical (unpaired) electrons. The second-order valence-corrected chi connectivity index (χ2v) is 8.73. The van der Waals surface area contributed by atoms with Gasteiger partial charge in [0.1, 0.15) is 5.75 Å². The van der Waals surface area contributed by atoms with E-state index in [4.69, 9.17) is 4.74 Å². The van der Waals surface area contributed by atoms with E-state index >= 15 is 0 Å². The molecule has 166 valence electrons. The van der Waals surface area contributed by atoms with Crippen LogP contribution in [0.15, 0.2) is 30.3 Å². The number of alkyl halides is 2. The quantitative estimate of drug-likeness (QED) is 0.683. The lowest BCUT2D eigenvalue weighted by Gasteiger charge is -2.39. The Morgan fingerprint density at radius 1 is 1.32 bits per heavy atom. The van der Waals surface area contributed by atoms with Crippen LogP contribution in [0.1, 0.15) is 58.4 Å². The minimum atomic E-state index is -2.95. The number of rotatable bonds is 5. The Bertz CT molecular complexity index is 991. The summed E-state index contributed by atoms with van der Waals surface area (Å²) in [5, 5.41) is 12.1. The highest BCUT2D eigenvalue weighted by Crippen LogP contribution is 2.48. The summed E-state index contributed by atoms with van der Waals surface area (Å²) in [7, 11) is 1.52. The van der Waals surface area contributed by atoms with Crippen molar-refractivity contribution in [1.29, 1.82) is 0 Å². The van der Waals surface area contributed by atoms with Gasteiger partial charge < -0.3 is 15.2 Å². The molecule has 1 fully saturated rings. The lowest BCUT2D eigenvalue weighted by molar-refractivity contribution is 0.0158. The first-order chi connectivity index (χ1) is 14.7. The molecule has 1 saturated heterocycles. The molecule has 2 aliphatic rings. The SMILES string of the molecule is COc1cc(C)c2c(c1CN1CCC(C)C[C@H]1c1ccc(C(=O)O)cc1)C(F)(F)CN2. The van der Waals surface area contributed by atoms with Gasteiger partial charge in [0.15, 0.2) is 0 Å². The second-order valence-electron chi connectivity index (χ2n) is 8.73. The van der Waals surface area contributed by atoms with E-state index in [9.17, 15) is 18.7 Å². The highest BCUT2D eigenvalue weighted by molar-refractivity contribution is 5.87. The van der Waals surface area contributed by atoms with Crippen LogP contribution in [-0.4, -0.2) is 36.2 Å². The van der Waals surface area contributed by atoms with Crippen LogP contribution in [0.4, 0.5) is 14.5 Å². The van der Waals surface area contributed by atoms with Crippen molar-refractivity contribution in [3.05, 3.63) is 58.1 Å². The summed E-state index contributed by atoms with van der Waals surface area (Å²) in [4.78, 5) is 13.4. The first kappa shape index (κ1) is 21.6. The summed E-state index contributed by atoms with van der Waals surface area (Å²) in [6, 6.07) is 8.75.